The average molecular weight is 585 g/mol. The fraction of sp³-hybridized carbons (Fsp3) is 0.520. The van der Waals surface area contributed by atoms with Crippen molar-refractivity contribution in [1.29, 1.82) is 0 Å². The average Bonchev–Trinajstić information content (AvgIpc) is 3.51. The molecule has 2 aliphatic heterocycles. The third kappa shape index (κ3) is 11.0. The third-order valence-corrected chi connectivity index (χ3v) is 7.18. The van der Waals surface area contributed by atoms with Gasteiger partial charge in [0.15, 0.2) is 0 Å². The lowest BCUT2D eigenvalue weighted by atomic mass is 9.77. The molecule has 0 saturated carbocycles. The van der Waals surface area contributed by atoms with E-state index in [1.54, 1.807) is 7.11 Å². The molecule has 0 atom stereocenters. The van der Waals surface area contributed by atoms with E-state index in [-0.39, 0.29) is 0 Å². The molecule has 3 heterocycles. The Kier molecular flexibility index (Phi) is 11.6. The summed E-state index contributed by atoms with van der Waals surface area (Å²) in [5.41, 5.74) is 3.42. The molecule has 39 heavy (non-hydrogen) atoms. The summed E-state index contributed by atoms with van der Waals surface area (Å²) in [4.78, 5) is 23.1. The van der Waals surface area contributed by atoms with Crippen molar-refractivity contribution in [2.75, 3.05) is 33.3 Å². The molecule has 0 bridgehead atoms. The number of hydrogen-bond acceptors (Lipinski definition) is 6. The Balaban J connectivity index is 0.000000317. The number of alkyl halides is 6. The van der Waals surface area contributed by atoms with Gasteiger partial charge in [-0.1, -0.05) is 12.1 Å². The summed E-state index contributed by atoms with van der Waals surface area (Å²) in [7, 11) is 1.74. The summed E-state index contributed by atoms with van der Waals surface area (Å²) in [5.74, 6) is -4.55. The van der Waals surface area contributed by atoms with Gasteiger partial charge in [0.25, 0.3) is 0 Å². The van der Waals surface area contributed by atoms with Crippen LogP contribution in [0.5, 0.6) is 5.75 Å². The monoisotopic (exact) mass is 584 g/mol. The van der Waals surface area contributed by atoms with Crippen LogP contribution in [0.4, 0.5) is 26.3 Å². The summed E-state index contributed by atoms with van der Waals surface area (Å²) in [6.45, 7) is 7.19. The first-order valence-electron chi connectivity index (χ1n) is 11.8. The van der Waals surface area contributed by atoms with Crippen LogP contribution in [0.3, 0.4) is 0 Å². The van der Waals surface area contributed by atoms with E-state index < -0.39 is 24.3 Å². The quantitative estimate of drug-likeness (QED) is 0.448. The summed E-state index contributed by atoms with van der Waals surface area (Å²) >= 11 is 1.81. The van der Waals surface area contributed by atoms with Crippen molar-refractivity contribution in [3.05, 3.63) is 52.2 Å². The van der Waals surface area contributed by atoms with Crippen molar-refractivity contribution < 1.29 is 50.9 Å². The maximum absolute atomic E-state index is 10.6. The molecule has 218 valence electrons. The largest absolute Gasteiger partial charge is 0.497 e. The maximum atomic E-state index is 10.6. The maximum Gasteiger partial charge on any atom is 0.490 e. The standard InChI is InChI=1S/C21H28N2OS.2C2HF3O2/c1-24-20-4-2-3-18(13-20)14-22-9-6-21(7-10-22)8-11-23(17-21)15-19-5-12-25-16-19;2*3-2(4,5)1(6)7/h2-5,12-13,16H,6-11,14-15,17H2,1H3;2*(H,6,7). The van der Waals surface area contributed by atoms with Crippen LogP contribution in [0.2, 0.25) is 0 Å². The van der Waals surface area contributed by atoms with Gasteiger partial charge in [-0.15, -0.1) is 0 Å². The lowest BCUT2D eigenvalue weighted by Gasteiger charge is -2.39. The molecule has 2 aromatic rings. The number of thiophene rings is 1. The van der Waals surface area contributed by atoms with Crippen molar-refractivity contribution in [2.24, 2.45) is 5.41 Å². The Bertz CT molecular complexity index is 1030. The number of aliphatic carboxylic acids is 2. The molecule has 2 fully saturated rings. The van der Waals surface area contributed by atoms with Gasteiger partial charge in [0, 0.05) is 19.6 Å². The number of carbonyl (C=O) groups is 2. The number of rotatable bonds is 5. The Morgan fingerprint density at radius 1 is 0.897 bits per heavy atom. The van der Waals surface area contributed by atoms with E-state index >= 15 is 0 Å². The van der Waals surface area contributed by atoms with Crippen molar-refractivity contribution in [2.45, 2.75) is 44.7 Å². The number of piperidine rings is 1. The predicted octanol–water partition coefficient (Wildman–Crippen LogP) is 5.51. The van der Waals surface area contributed by atoms with Crippen LogP contribution < -0.4 is 4.74 Å². The lowest BCUT2D eigenvalue weighted by molar-refractivity contribution is -0.193. The van der Waals surface area contributed by atoms with Crippen LogP contribution in [0.15, 0.2) is 41.1 Å². The van der Waals surface area contributed by atoms with Gasteiger partial charge >= 0.3 is 24.3 Å². The van der Waals surface area contributed by atoms with Crippen LogP contribution in [0.1, 0.15) is 30.4 Å². The van der Waals surface area contributed by atoms with E-state index in [2.05, 4.69) is 44.8 Å². The molecule has 2 N–H and O–H groups in total. The topological polar surface area (TPSA) is 90.3 Å². The van der Waals surface area contributed by atoms with Gasteiger partial charge in [-0.3, -0.25) is 9.80 Å². The molecule has 1 spiro atoms. The minimum absolute atomic E-state index is 0.570. The number of likely N-dealkylation sites (tertiary alicyclic amines) is 2. The molecule has 0 unspecified atom stereocenters. The van der Waals surface area contributed by atoms with E-state index in [0.29, 0.717) is 5.41 Å². The van der Waals surface area contributed by atoms with E-state index in [9.17, 15) is 26.3 Å². The lowest BCUT2D eigenvalue weighted by Crippen LogP contribution is -2.41. The van der Waals surface area contributed by atoms with Crippen LogP contribution >= 0.6 is 11.3 Å². The number of carboxylic acids is 2. The highest BCUT2D eigenvalue weighted by Gasteiger charge is 2.40. The Morgan fingerprint density at radius 3 is 1.87 bits per heavy atom. The van der Waals surface area contributed by atoms with Gasteiger partial charge in [0.05, 0.1) is 7.11 Å². The predicted molar refractivity (Wildman–Crippen MR) is 132 cm³/mol. The third-order valence-electron chi connectivity index (χ3n) is 6.45. The van der Waals surface area contributed by atoms with Gasteiger partial charge in [0.1, 0.15) is 5.75 Å². The number of methoxy groups -OCH3 is 1. The summed E-state index contributed by atoms with van der Waals surface area (Å²) < 4.78 is 68.8. The fourth-order valence-electron chi connectivity index (χ4n) is 4.43. The van der Waals surface area contributed by atoms with Crippen molar-refractivity contribution in [1.82, 2.24) is 9.80 Å². The molecule has 14 heteroatoms. The number of benzene rings is 1. The molecule has 4 rings (SSSR count). The van der Waals surface area contributed by atoms with Crippen molar-refractivity contribution >= 4 is 23.3 Å². The zero-order valence-corrected chi connectivity index (χ0v) is 21.9. The molecule has 2 saturated heterocycles. The Hall–Kier alpha value is -2.84. The zero-order valence-electron chi connectivity index (χ0n) is 21.1. The zero-order chi connectivity index (χ0) is 29.3. The fourth-order valence-corrected chi connectivity index (χ4v) is 5.09. The van der Waals surface area contributed by atoms with E-state index in [1.165, 1.54) is 56.6 Å². The van der Waals surface area contributed by atoms with E-state index in [1.807, 2.05) is 17.4 Å². The highest BCUT2D eigenvalue weighted by molar-refractivity contribution is 7.07. The second-order valence-electron chi connectivity index (χ2n) is 9.33. The molecule has 2 aliphatic rings. The first-order valence-corrected chi connectivity index (χ1v) is 12.8. The Labute approximate surface area is 225 Å². The van der Waals surface area contributed by atoms with E-state index in [0.717, 1.165) is 18.8 Å². The Morgan fingerprint density at radius 2 is 1.41 bits per heavy atom. The van der Waals surface area contributed by atoms with Crippen LogP contribution in [-0.2, 0) is 22.7 Å². The van der Waals surface area contributed by atoms with Gasteiger partial charge in [-0.2, -0.15) is 37.7 Å². The molecule has 7 nitrogen and oxygen atoms in total. The SMILES string of the molecule is COc1cccc(CN2CCC3(CC2)CCN(Cc2ccsc2)C3)c1.O=C(O)C(F)(F)F.O=C(O)C(F)(F)F. The molecule has 0 amide bonds. The van der Waals surface area contributed by atoms with Gasteiger partial charge < -0.3 is 14.9 Å². The van der Waals surface area contributed by atoms with Gasteiger partial charge in [0.2, 0.25) is 0 Å². The number of nitrogens with zero attached hydrogens (tertiary/aromatic N) is 2. The molecule has 0 radical (unpaired) electrons. The number of ether oxygens (including phenoxy) is 1. The normalized spacial score (nSPS) is 17.5. The highest BCUT2D eigenvalue weighted by atomic mass is 32.1. The summed E-state index contributed by atoms with van der Waals surface area (Å²) in [6, 6.07) is 10.8. The van der Waals surface area contributed by atoms with Crippen LogP contribution in [0.25, 0.3) is 0 Å². The number of carboxylic acid groups (broad SMARTS) is 2. The smallest absolute Gasteiger partial charge is 0.490 e. The van der Waals surface area contributed by atoms with Crippen LogP contribution in [0, 0.1) is 5.41 Å². The van der Waals surface area contributed by atoms with Crippen LogP contribution in [-0.4, -0.2) is 77.6 Å². The van der Waals surface area contributed by atoms with E-state index in [4.69, 9.17) is 24.5 Å². The first-order chi connectivity index (χ1) is 18.1. The molecular formula is C25H30F6N2O5S. The van der Waals surface area contributed by atoms with Gasteiger partial charge in [-0.25, -0.2) is 9.59 Å². The molecular weight excluding hydrogens is 554 g/mol. The second-order valence-corrected chi connectivity index (χ2v) is 10.1. The molecule has 0 aliphatic carbocycles. The van der Waals surface area contributed by atoms with Gasteiger partial charge in [-0.05, 0) is 84.4 Å². The second kappa shape index (κ2) is 14.0. The molecule has 1 aromatic carbocycles. The first kappa shape index (κ1) is 32.4. The minimum atomic E-state index is -5.08. The number of hydrogen-bond donors (Lipinski definition) is 2. The minimum Gasteiger partial charge on any atom is -0.497 e. The summed E-state index contributed by atoms with van der Waals surface area (Å²) in [6.07, 6.45) is -6.10. The van der Waals surface area contributed by atoms with Crippen molar-refractivity contribution in [3.8, 4) is 5.75 Å². The van der Waals surface area contributed by atoms with Crippen molar-refractivity contribution in [3.63, 3.8) is 0 Å². The molecule has 1 aromatic heterocycles. The summed E-state index contributed by atoms with van der Waals surface area (Å²) in [5, 5.41) is 18.7. The highest BCUT2D eigenvalue weighted by Crippen LogP contribution is 2.41. The number of halogens is 6.